The van der Waals surface area contributed by atoms with Crippen LogP contribution in [0.3, 0.4) is 0 Å². The molecule has 84 valence electrons. The van der Waals surface area contributed by atoms with E-state index in [1.807, 2.05) is 44.2 Å². The molecule has 2 nitrogen and oxygen atoms in total. The predicted octanol–water partition coefficient (Wildman–Crippen LogP) is 4.41. The molecule has 0 aliphatic carbocycles. The number of nitrogens with one attached hydrogen (secondary N) is 1. The Labute approximate surface area is 100 Å². The maximum atomic E-state index is 6.21. The number of furan rings is 1. The van der Waals surface area contributed by atoms with Gasteiger partial charge in [0, 0.05) is 0 Å². The van der Waals surface area contributed by atoms with Gasteiger partial charge in [0.15, 0.2) is 0 Å². The molecule has 0 fully saturated rings. The van der Waals surface area contributed by atoms with Crippen LogP contribution in [-0.2, 0) is 0 Å². The van der Waals surface area contributed by atoms with Crippen LogP contribution < -0.4 is 5.32 Å². The Bertz CT molecular complexity index is 465. The van der Waals surface area contributed by atoms with E-state index in [2.05, 4.69) is 5.32 Å². The SMILES string of the molecule is Cc1cccc(NC(C)c2ccco2)c1Cl. The lowest BCUT2D eigenvalue weighted by atomic mass is 10.2. The number of aryl methyl sites for hydroxylation is 1. The normalized spacial score (nSPS) is 12.4. The summed E-state index contributed by atoms with van der Waals surface area (Å²) in [6.07, 6.45) is 1.67. The van der Waals surface area contributed by atoms with Gasteiger partial charge in [0.1, 0.15) is 5.76 Å². The Morgan fingerprint density at radius 3 is 2.75 bits per heavy atom. The van der Waals surface area contributed by atoms with Crippen molar-refractivity contribution in [1.82, 2.24) is 0 Å². The molecule has 0 radical (unpaired) electrons. The van der Waals surface area contributed by atoms with E-state index in [1.54, 1.807) is 6.26 Å². The van der Waals surface area contributed by atoms with Gasteiger partial charge in [-0.1, -0.05) is 23.7 Å². The van der Waals surface area contributed by atoms with Crippen molar-refractivity contribution in [3.63, 3.8) is 0 Å². The van der Waals surface area contributed by atoms with E-state index < -0.39 is 0 Å². The predicted molar refractivity (Wildman–Crippen MR) is 66.9 cm³/mol. The maximum Gasteiger partial charge on any atom is 0.125 e. The van der Waals surface area contributed by atoms with E-state index in [0.29, 0.717) is 0 Å². The minimum atomic E-state index is 0.106. The molecule has 2 rings (SSSR count). The van der Waals surface area contributed by atoms with Crippen molar-refractivity contribution in [3.8, 4) is 0 Å². The van der Waals surface area contributed by atoms with E-state index in [0.717, 1.165) is 22.0 Å². The van der Waals surface area contributed by atoms with Crippen LogP contribution >= 0.6 is 11.6 Å². The zero-order valence-electron chi connectivity index (χ0n) is 9.33. The summed E-state index contributed by atoms with van der Waals surface area (Å²) in [6, 6.07) is 9.87. The molecule has 1 aromatic heterocycles. The van der Waals surface area contributed by atoms with Gasteiger partial charge >= 0.3 is 0 Å². The molecule has 1 atom stereocenters. The largest absolute Gasteiger partial charge is 0.467 e. The van der Waals surface area contributed by atoms with Crippen LogP contribution in [0.5, 0.6) is 0 Å². The van der Waals surface area contributed by atoms with E-state index in [9.17, 15) is 0 Å². The van der Waals surface area contributed by atoms with Gasteiger partial charge in [-0.25, -0.2) is 0 Å². The lowest BCUT2D eigenvalue weighted by molar-refractivity contribution is 0.490. The van der Waals surface area contributed by atoms with Crippen LogP contribution in [0.1, 0.15) is 24.3 Å². The first-order chi connectivity index (χ1) is 7.68. The number of hydrogen-bond acceptors (Lipinski definition) is 2. The van der Waals surface area contributed by atoms with Crippen LogP contribution in [0, 0.1) is 6.92 Å². The Balaban J connectivity index is 2.18. The van der Waals surface area contributed by atoms with Crippen molar-refractivity contribution in [1.29, 1.82) is 0 Å². The van der Waals surface area contributed by atoms with Gasteiger partial charge < -0.3 is 9.73 Å². The topological polar surface area (TPSA) is 25.2 Å². The standard InChI is InChI=1S/C13H14ClNO/c1-9-5-3-6-11(13(9)14)15-10(2)12-7-4-8-16-12/h3-8,10,15H,1-2H3. The molecule has 0 saturated carbocycles. The summed E-state index contributed by atoms with van der Waals surface area (Å²) in [6.45, 7) is 4.03. The van der Waals surface area contributed by atoms with Crippen molar-refractivity contribution in [2.75, 3.05) is 5.32 Å². The van der Waals surface area contributed by atoms with Crippen molar-refractivity contribution in [3.05, 3.63) is 52.9 Å². The van der Waals surface area contributed by atoms with Crippen LogP contribution in [0.4, 0.5) is 5.69 Å². The summed E-state index contributed by atoms with van der Waals surface area (Å²) in [5.74, 6) is 0.901. The van der Waals surface area contributed by atoms with Gasteiger partial charge in [0.05, 0.1) is 23.0 Å². The van der Waals surface area contributed by atoms with Crippen molar-refractivity contribution < 1.29 is 4.42 Å². The monoisotopic (exact) mass is 235 g/mol. The molecule has 1 unspecified atom stereocenters. The number of benzene rings is 1. The fourth-order valence-electron chi connectivity index (χ4n) is 1.60. The lowest BCUT2D eigenvalue weighted by Gasteiger charge is -2.15. The van der Waals surface area contributed by atoms with Gasteiger partial charge in [0.25, 0.3) is 0 Å². The fourth-order valence-corrected chi connectivity index (χ4v) is 1.78. The molecule has 0 aliphatic rings. The molecule has 16 heavy (non-hydrogen) atoms. The highest BCUT2D eigenvalue weighted by Gasteiger charge is 2.10. The summed E-state index contributed by atoms with van der Waals surface area (Å²) in [7, 11) is 0. The molecular formula is C13H14ClNO. The molecule has 0 spiro atoms. The first-order valence-corrected chi connectivity index (χ1v) is 5.61. The van der Waals surface area contributed by atoms with E-state index in [1.165, 1.54) is 0 Å². The molecule has 0 aliphatic heterocycles. The molecule has 3 heteroatoms. The van der Waals surface area contributed by atoms with Crippen molar-refractivity contribution in [2.45, 2.75) is 19.9 Å². The first kappa shape index (κ1) is 11.1. The van der Waals surface area contributed by atoms with Crippen LogP contribution in [-0.4, -0.2) is 0 Å². The number of anilines is 1. The van der Waals surface area contributed by atoms with Crippen molar-refractivity contribution >= 4 is 17.3 Å². The highest BCUT2D eigenvalue weighted by molar-refractivity contribution is 6.34. The molecule has 0 amide bonds. The third-order valence-corrected chi connectivity index (χ3v) is 3.04. The van der Waals surface area contributed by atoms with E-state index >= 15 is 0 Å². The number of rotatable bonds is 3. The van der Waals surface area contributed by atoms with Gasteiger partial charge in [0.2, 0.25) is 0 Å². The van der Waals surface area contributed by atoms with Gasteiger partial charge in [-0.2, -0.15) is 0 Å². The second kappa shape index (κ2) is 4.62. The van der Waals surface area contributed by atoms with Crippen LogP contribution in [0.15, 0.2) is 41.0 Å². The average Bonchev–Trinajstić information content (AvgIpc) is 2.78. The number of hydrogen-bond donors (Lipinski definition) is 1. The highest BCUT2D eigenvalue weighted by atomic mass is 35.5. The third kappa shape index (κ3) is 2.22. The molecule has 1 N–H and O–H groups in total. The zero-order chi connectivity index (χ0) is 11.5. The zero-order valence-corrected chi connectivity index (χ0v) is 10.1. The smallest absolute Gasteiger partial charge is 0.125 e. The molecule has 1 heterocycles. The van der Waals surface area contributed by atoms with Crippen LogP contribution in [0.25, 0.3) is 0 Å². The summed E-state index contributed by atoms with van der Waals surface area (Å²) in [5, 5.41) is 4.09. The van der Waals surface area contributed by atoms with Gasteiger partial charge in [-0.15, -0.1) is 0 Å². The molecule has 2 aromatic rings. The van der Waals surface area contributed by atoms with Gasteiger partial charge in [-0.05, 0) is 37.6 Å². The van der Waals surface area contributed by atoms with Gasteiger partial charge in [-0.3, -0.25) is 0 Å². The minimum absolute atomic E-state index is 0.106. The Hall–Kier alpha value is -1.41. The van der Waals surface area contributed by atoms with Crippen LogP contribution in [0.2, 0.25) is 5.02 Å². The third-order valence-electron chi connectivity index (χ3n) is 2.53. The molecule has 0 saturated heterocycles. The van der Waals surface area contributed by atoms with E-state index in [-0.39, 0.29) is 6.04 Å². The average molecular weight is 236 g/mol. The molecule has 1 aromatic carbocycles. The molecule has 0 bridgehead atoms. The Morgan fingerprint density at radius 1 is 1.25 bits per heavy atom. The summed E-state index contributed by atoms with van der Waals surface area (Å²) in [5.41, 5.74) is 2.00. The fraction of sp³-hybridized carbons (Fsp3) is 0.231. The van der Waals surface area contributed by atoms with E-state index in [4.69, 9.17) is 16.0 Å². The second-order valence-electron chi connectivity index (χ2n) is 3.82. The van der Waals surface area contributed by atoms with Crippen molar-refractivity contribution in [2.24, 2.45) is 0 Å². The molecular weight excluding hydrogens is 222 g/mol. The summed E-state index contributed by atoms with van der Waals surface area (Å²) in [4.78, 5) is 0. The quantitative estimate of drug-likeness (QED) is 0.852. The summed E-state index contributed by atoms with van der Waals surface area (Å²) < 4.78 is 5.33. The maximum absolute atomic E-state index is 6.21. The summed E-state index contributed by atoms with van der Waals surface area (Å²) >= 11 is 6.21. The Kier molecular flexibility index (Phi) is 3.20. The minimum Gasteiger partial charge on any atom is -0.467 e. The Morgan fingerprint density at radius 2 is 2.06 bits per heavy atom. The first-order valence-electron chi connectivity index (χ1n) is 5.23. The highest BCUT2D eigenvalue weighted by Crippen LogP contribution is 2.28. The number of halogens is 1. The lowest BCUT2D eigenvalue weighted by Crippen LogP contribution is -2.06. The second-order valence-corrected chi connectivity index (χ2v) is 4.20.